The highest BCUT2D eigenvalue weighted by Crippen LogP contribution is 2.23. The maximum Gasteiger partial charge on any atom is 0.293 e. The van der Waals surface area contributed by atoms with E-state index >= 15 is 0 Å². The summed E-state index contributed by atoms with van der Waals surface area (Å²) in [6.07, 6.45) is 1.56. The molecule has 0 aliphatic heterocycles. The minimum atomic E-state index is -0.484. The maximum absolute atomic E-state index is 13.3. The molecule has 1 aromatic carbocycles. The number of hydrogen-bond donors (Lipinski definition) is 1. The fourth-order valence-corrected chi connectivity index (χ4v) is 3.15. The second kappa shape index (κ2) is 7.54. The first-order valence-electron chi connectivity index (χ1n) is 9.31. The van der Waals surface area contributed by atoms with Crippen molar-refractivity contribution in [3.8, 4) is 5.69 Å². The third kappa shape index (κ3) is 3.59. The van der Waals surface area contributed by atoms with Gasteiger partial charge in [0.1, 0.15) is 23.6 Å². The summed E-state index contributed by atoms with van der Waals surface area (Å²) in [7, 11) is 0. The van der Waals surface area contributed by atoms with Gasteiger partial charge in [0.05, 0.1) is 17.6 Å². The van der Waals surface area contributed by atoms with Crippen molar-refractivity contribution in [2.75, 3.05) is 5.32 Å². The molecular formula is C20H19FN6O3. The first kappa shape index (κ1) is 19.5. The van der Waals surface area contributed by atoms with Crippen LogP contribution in [-0.2, 0) is 11.3 Å². The molecule has 0 unspecified atom stereocenters. The molecule has 0 aliphatic carbocycles. The third-order valence-electron chi connectivity index (χ3n) is 4.52. The molecule has 3 aromatic heterocycles. The SMILES string of the molecule is Cc1cc(NC(=O)Cn2nc(C(C)C)c3cnn(-c4ccc(F)cc4)c3c2=O)no1. The normalized spacial score (nSPS) is 11.4. The van der Waals surface area contributed by atoms with E-state index in [4.69, 9.17) is 4.52 Å². The number of hydrogen-bond acceptors (Lipinski definition) is 6. The summed E-state index contributed by atoms with van der Waals surface area (Å²) in [5, 5.41) is 15.6. The monoisotopic (exact) mass is 410 g/mol. The number of nitrogens with one attached hydrogen (secondary N) is 1. The summed E-state index contributed by atoms with van der Waals surface area (Å²) in [4.78, 5) is 25.6. The van der Waals surface area contributed by atoms with Crippen LogP contribution in [0.4, 0.5) is 10.2 Å². The van der Waals surface area contributed by atoms with E-state index in [0.717, 1.165) is 4.68 Å². The summed E-state index contributed by atoms with van der Waals surface area (Å²) in [5.41, 5.74) is 0.939. The lowest BCUT2D eigenvalue weighted by atomic mass is 10.1. The van der Waals surface area contributed by atoms with Gasteiger partial charge in [0.15, 0.2) is 5.82 Å². The number of benzene rings is 1. The number of aryl methyl sites for hydroxylation is 1. The molecule has 30 heavy (non-hydrogen) atoms. The predicted molar refractivity (Wildman–Crippen MR) is 107 cm³/mol. The van der Waals surface area contributed by atoms with Crippen molar-refractivity contribution in [1.82, 2.24) is 24.7 Å². The van der Waals surface area contributed by atoms with Crippen LogP contribution in [0.25, 0.3) is 16.6 Å². The molecule has 0 fully saturated rings. The Morgan fingerprint density at radius 3 is 2.63 bits per heavy atom. The zero-order valence-electron chi connectivity index (χ0n) is 16.6. The standard InChI is InChI=1S/C20H19FN6O3/c1-11(2)18-15-9-22-27(14-6-4-13(21)5-7-14)19(15)20(29)26(24-18)10-17(28)23-16-8-12(3)30-25-16/h4-9,11H,10H2,1-3H3,(H,23,25,28). The molecule has 0 spiro atoms. The molecule has 0 saturated heterocycles. The molecule has 154 valence electrons. The Morgan fingerprint density at radius 1 is 1.27 bits per heavy atom. The van der Waals surface area contributed by atoms with Crippen molar-refractivity contribution in [2.45, 2.75) is 33.2 Å². The quantitative estimate of drug-likeness (QED) is 0.542. The van der Waals surface area contributed by atoms with Crippen molar-refractivity contribution >= 4 is 22.6 Å². The van der Waals surface area contributed by atoms with Gasteiger partial charge in [-0.3, -0.25) is 9.59 Å². The second-order valence-corrected chi connectivity index (χ2v) is 7.17. The zero-order chi connectivity index (χ0) is 21.4. The highest BCUT2D eigenvalue weighted by Gasteiger charge is 2.20. The van der Waals surface area contributed by atoms with E-state index in [-0.39, 0.29) is 23.8 Å². The van der Waals surface area contributed by atoms with Gasteiger partial charge in [-0.25, -0.2) is 13.8 Å². The first-order chi connectivity index (χ1) is 14.3. The minimum Gasteiger partial charge on any atom is -0.360 e. The van der Waals surface area contributed by atoms with Gasteiger partial charge in [-0.15, -0.1) is 0 Å². The molecule has 1 amide bonds. The summed E-state index contributed by atoms with van der Waals surface area (Å²) in [6.45, 7) is 5.26. The number of amides is 1. The Hall–Kier alpha value is -3.82. The van der Waals surface area contributed by atoms with Crippen LogP contribution in [0.15, 0.2) is 45.8 Å². The van der Waals surface area contributed by atoms with E-state index in [0.29, 0.717) is 22.5 Å². The molecular weight excluding hydrogens is 391 g/mol. The van der Waals surface area contributed by atoms with E-state index in [2.05, 4.69) is 20.7 Å². The fourth-order valence-electron chi connectivity index (χ4n) is 3.15. The topological polar surface area (TPSA) is 108 Å². The van der Waals surface area contributed by atoms with Crippen LogP contribution in [0.5, 0.6) is 0 Å². The van der Waals surface area contributed by atoms with E-state index in [1.165, 1.54) is 28.9 Å². The number of fused-ring (bicyclic) bond motifs is 1. The van der Waals surface area contributed by atoms with Crippen molar-refractivity contribution in [1.29, 1.82) is 0 Å². The largest absolute Gasteiger partial charge is 0.360 e. The number of carbonyl (C=O) groups is 1. The summed E-state index contributed by atoms with van der Waals surface area (Å²) in [6, 6.07) is 7.21. The molecule has 9 nitrogen and oxygen atoms in total. The lowest BCUT2D eigenvalue weighted by molar-refractivity contribution is -0.117. The smallest absolute Gasteiger partial charge is 0.293 e. The number of halogens is 1. The van der Waals surface area contributed by atoms with Crippen LogP contribution in [-0.4, -0.2) is 30.6 Å². The van der Waals surface area contributed by atoms with Crippen molar-refractivity contribution in [3.63, 3.8) is 0 Å². The molecule has 0 atom stereocenters. The van der Waals surface area contributed by atoms with Gasteiger partial charge in [-0.1, -0.05) is 19.0 Å². The van der Waals surface area contributed by atoms with Gasteiger partial charge in [-0.2, -0.15) is 10.2 Å². The molecule has 0 aliphatic rings. The highest BCUT2D eigenvalue weighted by atomic mass is 19.1. The van der Waals surface area contributed by atoms with Crippen molar-refractivity contribution in [2.24, 2.45) is 0 Å². The highest BCUT2D eigenvalue weighted by molar-refractivity contribution is 5.90. The maximum atomic E-state index is 13.3. The molecule has 3 heterocycles. The molecule has 10 heteroatoms. The lowest BCUT2D eigenvalue weighted by Gasteiger charge is -2.12. The van der Waals surface area contributed by atoms with Gasteiger partial charge >= 0.3 is 0 Å². The summed E-state index contributed by atoms with van der Waals surface area (Å²) < 4.78 is 20.8. The third-order valence-corrected chi connectivity index (χ3v) is 4.52. The molecule has 4 aromatic rings. The number of aromatic nitrogens is 5. The Kier molecular flexibility index (Phi) is 4.90. The van der Waals surface area contributed by atoms with Gasteiger partial charge in [0.25, 0.3) is 5.56 Å². The van der Waals surface area contributed by atoms with Gasteiger partial charge in [0, 0.05) is 11.5 Å². The lowest BCUT2D eigenvalue weighted by Crippen LogP contribution is -2.31. The number of rotatable bonds is 5. The fraction of sp³-hybridized carbons (Fsp3) is 0.250. The number of carbonyl (C=O) groups excluding carboxylic acids is 1. The Bertz CT molecular complexity index is 1290. The van der Waals surface area contributed by atoms with E-state index < -0.39 is 17.3 Å². The van der Waals surface area contributed by atoms with Gasteiger partial charge in [0.2, 0.25) is 5.91 Å². The molecule has 4 rings (SSSR count). The second-order valence-electron chi connectivity index (χ2n) is 7.17. The van der Waals surface area contributed by atoms with Gasteiger partial charge in [-0.05, 0) is 37.1 Å². The first-order valence-corrected chi connectivity index (χ1v) is 9.31. The Balaban J connectivity index is 1.79. The predicted octanol–water partition coefficient (Wildman–Crippen LogP) is 2.78. The summed E-state index contributed by atoms with van der Waals surface area (Å²) in [5.74, 6) is -0.0810. The number of nitrogens with zero attached hydrogens (tertiary/aromatic N) is 5. The van der Waals surface area contributed by atoms with E-state index in [1.807, 2.05) is 13.8 Å². The summed E-state index contributed by atoms with van der Waals surface area (Å²) >= 11 is 0. The van der Waals surface area contributed by atoms with Gasteiger partial charge < -0.3 is 9.84 Å². The van der Waals surface area contributed by atoms with Crippen molar-refractivity contribution < 1.29 is 13.7 Å². The molecule has 0 bridgehead atoms. The van der Waals surface area contributed by atoms with Crippen LogP contribution >= 0.6 is 0 Å². The van der Waals surface area contributed by atoms with Crippen LogP contribution in [0.2, 0.25) is 0 Å². The Labute approximate surface area is 170 Å². The van der Waals surface area contributed by atoms with Crippen molar-refractivity contribution in [3.05, 3.63) is 64.2 Å². The van der Waals surface area contributed by atoms with Crippen LogP contribution in [0, 0.1) is 12.7 Å². The van der Waals surface area contributed by atoms with Crippen LogP contribution in [0.1, 0.15) is 31.2 Å². The van der Waals surface area contributed by atoms with Crippen LogP contribution < -0.4 is 10.9 Å². The van der Waals surface area contributed by atoms with E-state index in [1.54, 1.807) is 19.2 Å². The van der Waals surface area contributed by atoms with Crippen LogP contribution in [0.3, 0.4) is 0 Å². The minimum absolute atomic E-state index is 0.0218. The number of anilines is 1. The average Bonchev–Trinajstić information content (AvgIpc) is 3.31. The zero-order valence-corrected chi connectivity index (χ0v) is 16.6. The van der Waals surface area contributed by atoms with E-state index in [9.17, 15) is 14.0 Å². The average molecular weight is 410 g/mol. The molecule has 0 saturated carbocycles. The Morgan fingerprint density at radius 2 is 2.00 bits per heavy atom. The molecule has 1 N–H and O–H groups in total. The molecule has 0 radical (unpaired) electrons.